The summed E-state index contributed by atoms with van der Waals surface area (Å²) in [5.41, 5.74) is 2.69. The first kappa shape index (κ1) is 12.3. The van der Waals surface area contributed by atoms with Crippen LogP contribution in [-0.4, -0.2) is 14.8 Å². The fraction of sp³-hybridized carbons (Fsp3) is 0.0667. The Labute approximate surface area is 115 Å². The molecule has 3 rings (SSSR count). The fourth-order valence-electron chi connectivity index (χ4n) is 1.90. The Morgan fingerprint density at radius 2 is 1.95 bits per heavy atom. The Morgan fingerprint density at radius 3 is 2.75 bits per heavy atom. The van der Waals surface area contributed by atoms with E-state index >= 15 is 0 Å². The second-order valence-electron chi connectivity index (χ2n) is 4.43. The van der Waals surface area contributed by atoms with E-state index in [1.165, 1.54) is 16.8 Å². The molecule has 0 saturated heterocycles. The van der Waals surface area contributed by atoms with Gasteiger partial charge in [-0.1, -0.05) is 24.3 Å². The maximum Gasteiger partial charge on any atom is 0.246 e. The number of aromatic nitrogens is 3. The summed E-state index contributed by atoms with van der Waals surface area (Å²) in [4.78, 5) is 4.18. The first-order valence-electron chi connectivity index (χ1n) is 6.22. The lowest BCUT2D eigenvalue weighted by molar-refractivity contribution is 0.625. The summed E-state index contributed by atoms with van der Waals surface area (Å²) in [7, 11) is 0. The van der Waals surface area contributed by atoms with Crippen LogP contribution in [0.15, 0.2) is 54.9 Å². The maximum atomic E-state index is 13.2. The highest BCUT2D eigenvalue weighted by Crippen LogP contribution is 2.17. The molecule has 3 aromatic rings. The highest BCUT2D eigenvalue weighted by atomic mass is 19.1. The molecule has 0 radical (unpaired) electrons. The second-order valence-corrected chi connectivity index (χ2v) is 4.43. The number of benzene rings is 2. The SMILES string of the molecule is Cc1ccccc1Nc1ncn(-c2cccc(F)c2)n1. The lowest BCUT2D eigenvalue weighted by atomic mass is 10.2. The number of hydrogen-bond acceptors (Lipinski definition) is 3. The topological polar surface area (TPSA) is 42.7 Å². The van der Waals surface area contributed by atoms with Gasteiger partial charge in [-0.2, -0.15) is 4.98 Å². The largest absolute Gasteiger partial charge is 0.323 e. The molecule has 0 amide bonds. The van der Waals surface area contributed by atoms with Crippen LogP contribution in [0.5, 0.6) is 0 Å². The van der Waals surface area contributed by atoms with Crippen LogP contribution in [0.1, 0.15) is 5.56 Å². The van der Waals surface area contributed by atoms with Crippen molar-refractivity contribution in [3.8, 4) is 5.69 Å². The zero-order chi connectivity index (χ0) is 13.9. The van der Waals surface area contributed by atoms with Crippen molar-refractivity contribution in [2.75, 3.05) is 5.32 Å². The van der Waals surface area contributed by atoms with E-state index in [-0.39, 0.29) is 5.82 Å². The average Bonchev–Trinajstić information content (AvgIpc) is 2.90. The number of nitrogens with one attached hydrogen (secondary N) is 1. The molecule has 1 aromatic heterocycles. The molecule has 0 spiro atoms. The highest BCUT2D eigenvalue weighted by Gasteiger charge is 2.05. The van der Waals surface area contributed by atoms with E-state index in [1.807, 2.05) is 31.2 Å². The van der Waals surface area contributed by atoms with Crippen molar-refractivity contribution >= 4 is 11.6 Å². The molecule has 0 aliphatic rings. The average molecular weight is 268 g/mol. The van der Waals surface area contributed by atoms with Gasteiger partial charge in [-0.05, 0) is 36.8 Å². The third kappa shape index (κ3) is 2.51. The van der Waals surface area contributed by atoms with Gasteiger partial charge in [0.15, 0.2) is 0 Å². The molecule has 0 aliphatic heterocycles. The van der Waals surface area contributed by atoms with Crippen LogP contribution in [0.4, 0.5) is 16.0 Å². The molecule has 4 nitrogen and oxygen atoms in total. The number of nitrogens with zero attached hydrogens (tertiary/aromatic N) is 3. The third-order valence-corrected chi connectivity index (χ3v) is 2.96. The van der Waals surface area contributed by atoms with Gasteiger partial charge in [0.25, 0.3) is 0 Å². The van der Waals surface area contributed by atoms with E-state index in [9.17, 15) is 4.39 Å². The Kier molecular flexibility index (Phi) is 3.16. The Hall–Kier alpha value is -2.69. The van der Waals surface area contributed by atoms with Crippen molar-refractivity contribution in [2.45, 2.75) is 6.92 Å². The fourth-order valence-corrected chi connectivity index (χ4v) is 1.90. The second kappa shape index (κ2) is 5.13. The van der Waals surface area contributed by atoms with Crippen molar-refractivity contribution in [3.63, 3.8) is 0 Å². The normalized spacial score (nSPS) is 10.5. The quantitative estimate of drug-likeness (QED) is 0.791. The van der Waals surface area contributed by atoms with Gasteiger partial charge in [0.2, 0.25) is 5.95 Å². The van der Waals surface area contributed by atoms with Gasteiger partial charge in [0.1, 0.15) is 12.1 Å². The molecule has 20 heavy (non-hydrogen) atoms. The number of halogens is 1. The minimum absolute atomic E-state index is 0.300. The minimum Gasteiger partial charge on any atom is -0.323 e. The van der Waals surface area contributed by atoms with E-state index < -0.39 is 0 Å². The van der Waals surface area contributed by atoms with Crippen molar-refractivity contribution in [1.29, 1.82) is 0 Å². The maximum absolute atomic E-state index is 13.2. The van der Waals surface area contributed by atoms with Crippen LogP contribution in [0.25, 0.3) is 5.69 Å². The van der Waals surface area contributed by atoms with Crippen LogP contribution >= 0.6 is 0 Å². The highest BCUT2D eigenvalue weighted by molar-refractivity contribution is 5.57. The molecule has 100 valence electrons. The number of aryl methyl sites for hydroxylation is 1. The zero-order valence-electron chi connectivity index (χ0n) is 10.9. The van der Waals surface area contributed by atoms with Gasteiger partial charge in [-0.25, -0.2) is 9.07 Å². The molecule has 0 unspecified atom stereocenters. The van der Waals surface area contributed by atoms with Gasteiger partial charge in [0, 0.05) is 5.69 Å². The molecule has 0 fully saturated rings. The Balaban J connectivity index is 1.86. The molecule has 0 bridgehead atoms. The van der Waals surface area contributed by atoms with Gasteiger partial charge < -0.3 is 5.32 Å². The summed E-state index contributed by atoms with van der Waals surface area (Å²) in [6, 6.07) is 14.1. The lowest BCUT2D eigenvalue weighted by Crippen LogP contribution is -1.98. The summed E-state index contributed by atoms with van der Waals surface area (Å²) < 4.78 is 14.7. The molecule has 1 N–H and O–H groups in total. The summed E-state index contributed by atoms with van der Waals surface area (Å²) in [6.07, 6.45) is 1.55. The van der Waals surface area contributed by atoms with Gasteiger partial charge in [-0.15, -0.1) is 5.10 Å². The van der Waals surface area contributed by atoms with Crippen molar-refractivity contribution in [1.82, 2.24) is 14.8 Å². The zero-order valence-corrected chi connectivity index (χ0v) is 10.9. The number of para-hydroxylation sites is 1. The molecule has 0 saturated carbocycles. The summed E-state index contributed by atoms with van der Waals surface area (Å²) in [6.45, 7) is 2.01. The predicted molar refractivity (Wildman–Crippen MR) is 75.8 cm³/mol. The summed E-state index contributed by atoms with van der Waals surface area (Å²) in [5.74, 6) is 0.176. The minimum atomic E-state index is -0.300. The molecule has 0 aliphatic carbocycles. The van der Waals surface area contributed by atoms with Crippen molar-refractivity contribution in [2.24, 2.45) is 0 Å². The van der Waals surface area contributed by atoms with Gasteiger partial charge >= 0.3 is 0 Å². The Bertz CT molecular complexity index is 736. The lowest BCUT2D eigenvalue weighted by Gasteiger charge is -2.05. The molecular weight excluding hydrogens is 255 g/mol. The van der Waals surface area contributed by atoms with E-state index in [0.717, 1.165) is 11.3 Å². The number of hydrogen-bond donors (Lipinski definition) is 1. The third-order valence-electron chi connectivity index (χ3n) is 2.96. The summed E-state index contributed by atoms with van der Waals surface area (Å²) in [5, 5.41) is 7.43. The molecular formula is C15H13FN4. The first-order chi connectivity index (χ1) is 9.72. The van der Waals surface area contributed by atoms with Crippen LogP contribution in [0, 0.1) is 12.7 Å². The number of anilines is 2. The van der Waals surface area contributed by atoms with Crippen molar-refractivity contribution < 1.29 is 4.39 Å². The molecule has 1 heterocycles. The van der Waals surface area contributed by atoms with Crippen LogP contribution in [0.3, 0.4) is 0 Å². The van der Waals surface area contributed by atoms with E-state index in [2.05, 4.69) is 15.4 Å². The number of rotatable bonds is 3. The molecule has 2 aromatic carbocycles. The first-order valence-corrected chi connectivity index (χ1v) is 6.22. The molecule has 5 heteroatoms. The smallest absolute Gasteiger partial charge is 0.246 e. The standard InChI is InChI=1S/C15H13FN4/c1-11-5-2-3-8-14(11)18-15-17-10-20(19-15)13-7-4-6-12(16)9-13/h2-10H,1H3,(H,18,19). The van der Waals surface area contributed by atoms with E-state index in [4.69, 9.17) is 0 Å². The van der Waals surface area contributed by atoms with E-state index in [0.29, 0.717) is 11.6 Å². The molecule has 0 atom stereocenters. The Morgan fingerprint density at radius 1 is 1.10 bits per heavy atom. The van der Waals surface area contributed by atoms with Crippen LogP contribution in [-0.2, 0) is 0 Å². The van der Waals surface area contributed by atoms with Crippen LogP contribution < -0.4 is 5.32 Å². The van der Waals surface area contributed by atoms with Crippen molar-refractivity contribution in [3.05, 3.63) is 66.2 Å². The van der Waals surface area contributed by atoms with E-state index in [1.54, 1.807) is 18.5 Å². The predicted octanol–water partition coefficient (Wildman–Crippen LogP) is 3.46. The van der Waals surface area contributed by atoms with Gasteiger partial charge in [0.05, 0.1) is 5.69 Å². The monoisotopic (exact) mass is 268 g/mol. The summed E-state index contributed by atoms with van der Waals surface area (Å²) >= 11 is 0. The van der Waals surface area contributed by atoms with Gasteiger partial charge in [-0.3, -0.25) is 0 Å². The van der Waals surface area contributed by atoms with Crippen LogP contribution in [0.2, 0.25) is 0 Å².